The molecular formula is C17H20ClN3O3. The second-order valence-corrected chi connectivity index (χ2v) is 6.36. The quantitative estimate of drug-likeness (QED) is 0.808. The average molecular weight is 350 g/mol. The molecule has 0 aliphatic rings. The van der Waals surface area contributed by atoms with Gasteiger partial charge in [0.2, 0.25) is 0 Å². The van der Waals surface area contributed by atoms with Crippen LogP contribution in [-0.2, 0) is 10.3 Å². The van der Waals surface area contributed by atoms with Gasteiger partial charge in [-0.3, -0.25) is 9.36 Å². The molecule has 0 saturated heterocycles. The smallest absolute Gasteiger partial charge is 0.329 e. The lowest BCUT2D eigenvalue weighted by molar-refractivity contribution is -0.147. The number of hydrogen-bond acceptors (Lipinski definition) is 4. The van der Waals surface area contributed by atoms with Gasteiger partial charge in [0, 0.05) is 22.3 Å². The van der Waals surface area contributed by atoms with E-state index in [-0.39, 0.29) is 0 Å². The van der Waals surface area contributed by atoms with Gasteiger partial charge in [-0.25, -0.2) is 9.78 Å². The zero-order chi connectivity index (χ0) is 18.1. The lowest BCUT2D eigenvalue weighted by Gasteiger charge is -2.28. The molecule has 0 aliphatic carbocycles. The van der Waals surface area contributed by atoms with Gasteiger partial charge in [-0.2, -0.15) is 0 Å². The van der Waals surface area contributed by atoms with Gasteiger partial charge in [0.05, 0.1) is 5.69 Å². The van der Waals surface area contributed by atoms with Crippen molar-refractivity contribution in [2.24, 2.45) is 0 Å². The first-order chi connectivity index (χ1) is 11.2. The van der Waals surface area contributed by atoms with Crippen molar-refractivity contribution in [1.82, 2.24) is 9.55 Å². The molecule has 128 valence electrons. The topological polar surface area (TPSA) is 98.2 Å². The number of nitrogens with two attached hydrogens (primary N) is 1. The first kappa shape index (κ1) is 18.0. The van der Waals surface area contributed by atoms with E-state index in [1.165, 1.54) is 17.6 Å². The van der Waals surface area contributed by atoms with E-state index in [1.807, 2.05) is 6.92 Å². The molecule has 1 unspecified atom stereocenters. The number of aliphatic carboxylic acids is 1. The fourth-order valence-electron chi connectivity index (χ4n) is 2.89. The molecule has 0 spiro atoms. The molecule has 24 heavy (non-hydrogen) atoms. The lowest BCUT2D eigenvalue weighted by Crippen LogP contribution is -2.46. The number of nitrogens with zero attached hydrogens (tertiary/aromatic N) is 2. The molecular weight excluding hydrogens is 330 g/mol. The van der Waals surface area contributed by atoms with Gasteiger partial charge in [-0.1, -0.05) is 24.9 Å². The van der Waals surface area contributed by atoms with Crippen LogP contribution < -0.4 is 11.3 Å². The zero-order valence-corrected chi connectivity index (χ0v) is 14.6. The number of anilines is 1. The van der Waals surface area contributed by atoms with Crippen molar-refractivity contribution in [1.29, 1.82) is 0 Å². The summed E-state index contributed by atoms with van der Waals surface area (Å²) in [5.41, 5.74) is 5.52. The number of carbonyl (C=O) groups is 1. The molecule has 0 saturated carbocycles. The van der Waals surface area contributed by atoms with E-state index in [0.29, 0.717) is 40.6 Å². The number of aryl methyl sites for hydroxylation is 1. The van der Waals surface area contributed by atoms with E-state index in [4.69, 9.17) is 17.3 Å². The monoisotopic (exact) mass is 349 g/mol. The van der Waals surface area contributed by atoms with Gasteiger partial charge in [-0.15, -0.1) is 0 Å². The molecule has 0 radical (unpaired) electrons. The fraction of sp³-hybridized carbons (Fsp3) is 0.353. The summed E-state index contributed by atoms with van der Waals surface area (Å²) in [6.07, 6.45) is 0.946. The Labute approximate surface area is 144 Å². The molecule has 0 aliphatic heterocycles. The van der Waals surface area contributed by atoms with Crippen LogP contribution >= 0.6 is 11.6 Å². The van der Waals surface area contributed by atoms with Gasteiger partial charge < -0.3 is 10.8 Å². The third kappa shape index (κ3) is 3.14. The predicted octanol–water partition coefficient (Wildman–Crippen LogP) is 3.05. The minimum Gasteiger partial charge on any atom is -0.479 e. The maximum atomic E-state index is 12.6. The molecule has 3 N–H and O–H groups in total. The Hall–Kier alpha value is -2.34. The summed E-state index contributed by atoms with van der Waals surface area (Å²) in [5.74, 6) is -0.749. The van der Waals surface area contributed by atoms with E-state index in [2.05, 4.69) is 4.98 Å². The number of halogens is 1. The Morgan fingerprint density at radius 3 is 2.62 bits per heavy atom. The van der Waals surface area contributed by atoms with Gasteiger partial charge in [-0.05, 0) is 38.5 Å². The number of carboxylic acid groups (broad SMARTS) is 1. The van der Waals surface area contributed by atoms with Gasteiger partial charge >= 0.3 is 5.97 Å². The second kappa shape index (κ2) is 6.65. The molecule has 1 heterocycles. The number of rotatable bonds is 5. The van der Waals surface area contributed by atoms with Crippen LogP contribution in [0, 0.1) is 6.92 Å². The van der Waals surface area contributed by atoms with Crippen molar-refractivity contribution in [3.63, 3.8) is 0 Å². The summed E-state index contributed by atoms with van der Waals surface area (Å²) < 4.78 is 1.23. The standard InChI is InChI=1S/C17H20ClN3O3/c1-4-7-17(3,16(23)24)21-10(2)20-14(9-15(21)22)12-8-11(18)5-6-13(12)19/h5-6,8-9H,4,7,19H2,1-3H3,(H,23,24). The number of hydrogen-bond donors (Lipinski definition) is 2. The van der Waals surface area contributed by atoms with Crippen molar-refractivity contribution in [3.8, 4) is 11.3 Å². The first-order valence-electron chi connectivity index (χ1n) is 7.60. The summed E-state index contributed by atoms with van der Waals surface area (Å²) in [6.45, 7) is 5.01. The van der Waals surface area contributed by atoms with E-state index in [9.17, 15) is 14.7 Å². The molecule has 0 bridgehead atoms. The molecule has 1 aromatic carbocycles. The Bertz CT molecular complexity index is 847. The highest BCUT2D eigenvalue weighted by atomic mass is 35.5. The van der Waals surface area contributed by atoms with E-state index < -0.39 is 17.1 Å². The van der Waals surface area contributed by atoms with Crippen LogP contribution in [0.15, 0.2) is 29.1 Å². The molecule has 0 amide bonds. The molecule has 0 fully saturated rings. The Morgan fingerprint density at radius 2 is 2.08 bits per heavy atom. The van der Waals surface area contributed by atoms with Crippen LogP contribution in [0.1, 0.15) is 32.5 Å². The first-order valence-corrected chi connectivity index (χ1v) is 7.98. The van der Waals surface area contributed by atoms with E-state index >= 15 is 0 Å². The number of carboxylic acids is 1. The summed E-state index contributed by atoms with van der Waals surface area (Å²) in [4.78, 5) is 28.8. The van der Waals surface area contributed by atoms with Crippen LogP contribution in [0.5, 0.6) is 0 Å². The molecule has 2 rings (SSSR count). The predicted molar refractivity (Wildman–Crippen MR) is 94.3 cm³/mol. The largest absolute Gasteiger partial charge is 0.479 e. The van der Waals surface area contributed by atoms with Crippen LogP contribution in [0.25, 0.3) is 11.3 Å². The minimum atomic E-state index is -1.35. The molecule has 6 nitrogen and oxygen atoms in total. The number of aromatic nitrogens is 2. The summed E-state index contributed by atoms with van der Waals surface area (Å²) >= 11 is 5.99. The summed E-state index contributed by atoms with van der Waals surface area (Å²) in [5, 5.41) is 10.1. The molecule has 1 atom stereocenters. The van der Waals surface area contributed by atoms with Crippen LogP contribution in [0.2, 0.25) is 5.02 Å². The fourth-order valence-corrected chi connectivity index (χ4v) is 3.06. The zero-order valence-electron chi connectivity index (χ0n) is 13.8. The Kier molecular flexibility index (Phi) is 4.99. The average Bonchev–Trinajstić information content (AvgIpc) is 2.49. The highest BCUT2D eigenvalue weighted by molar-refractivity contribution is 6.31. The molecule has 7 heteroatoms. The SMILES string of the molecule is CCCC(C)(C(=O)O)n1c(C)nc(-c2cc(Cl)ccc2N)cc1=O. The lowest BCUT2D eigenvalue weighted by atomic mass is 9.95. The van der Waals surface area contributed by atoms with Crippen LogP contribution in [0.4, 0.5) is 5.69 Å². The van der Waals surface area contributed by atoms with E-state index in [1.54, 1.807) is 25.1 Å². The summed E-state index contributed by atoms with van der Waals surface area (Å²) in [6, 6.07) is 6.21. The molecule has 1 aromatic heterocycles. The third-order valence-electron chi connectivity index (χ3n) is 4.07. The summed E-state index contributed by atoms with van der Waals surface area (Å²) in [7, 11) is 0. The second-order valence-electron chi connectivity index (χ2n) is 5.92. The van der Waals surface area contributed by atoms with Gasteiger partial charge in [0.25, 0.3) is 5.56 Å². The maximum absolute atomic E-state index is 12.6. The van der Waals surface area contributed by atoms with E-state index in [0.717, 1.165) is 0 Å². The van der Waals surface area contributed by atoms with Crippen molar-refractivity contribution in [2.45, 2.75) is 39.2 Å². The van der Waals surface area contributed by atoms with Gasteiger partial charge in [0.15, 0.2) is 0 Å². The highest BCUT2D eigenvalue weighted by Gasteiger charge is 2.36. The highest BCUT2D eigenvalue weighted by Crippen LogP contribution is 2.28. The van der Waals surface area contributed by atoms with Crippen LogP contribution in [-0.4, -0.2) is 20.6 Å². The minimum absolute atomic E-state index is 0.315. The van der Waals surface area contributed by atoms with Crippen LogP contribution in [0.3, 0.4) is 0 Å². The Morgan fingerprint density at radius 1 is 1.42 bits per heavy atom. The molecule has 2 aromatic rings. The van der Waals surface area contributed by atoms with Crippen molar-refractivity contribution < 1.29 is 9.90 Å². The van der Waals surface area contributed by atoms with Crippen molar-refractivity contribution >= 4 is 23.3 Å². The van der Waals surface area contributed by atoms with Crippen molar-refractivity contribution in [3.05, 3.63) is 45.5 Å². The third-order valence-corrected chi connectivity index (χ3v) is 4.30. The number of nitrogen functional groups attached to an aromatic ring is 1. The maximum Gasteiger partial charge on any atom is 0.329 e. The van der Waals surface area contributed by atoms with Gasteiger partial charge in [0.1, 0.15) is 11.4 Å². The number of benzene rings is 1. The van der Waals surface area contributed by atoms with Crippen molar-refractivity contribution in [2.75, 3.05) is 5.73 Å². The normalized spacial score (nSPS) is 13.5. The Balaban J connectivity index is 2.67.